The van der Waals surface area contributed by atoms with Crippen LogP contribution in [0.4, 0.5) is 0 Å². The fourth-order valence-corrected chi connectivity index (χ4v) is 5.32. The molecule has 0 N–H and O–H groups in total. The van der Waals surface area contributed by atoms with Crippen molar-refractivity contribution in [3.05, 3.63) is 65.7 Å². The molecule has 0 amide bonds. The molecule has 0 spiro atoms. The normalized spacial score (nSPS) is 21.8. The number of fused-ring (bicyclic) bond motifs is 1. The fourth-order valence-electron chi connectivity index (χ4n) is 2.58. The Balaban J connectivity index is 1.83. The topological polar surface area (TPSA) is 9.23 Å². The summed E-state index contributed by atoms with van der Waals surface area (Å²) in [5, 5.41) is 0. The third-order valence-corrected chi connectivity index (χ3v) is 6.05. The molecule has 92 valence electrons. The quantitative estimate of drug-likeness (QED) is 0.792. The Morgan fingerprint density at radius 1 is 1.00 bits per heavy atom. The minimum atomic E-state index is 0.279. The first kappa shape index (κ1) is 12.0. The summed E-state index contributed by atoms with van der Waals surface area (Å²) < 4.78 is 7.20. The van der Waals surface area contributed by atoms with Crippen molar-refractivity contribution in [2.24, 2.45) is 0 Å². The van der Waals surface area contributed by atoms with Crippen LogP contribution in [0, 0.1) is 0 Å². The van der Waals surface area contributed by atoms with E-state index in [9.17, 15) is 0 Å². The molecule has 0 unspecified atom stereocenters. The average molecular weight is 303 g/mol. The van der Waals surface area contributed by atoms with Gasteiger partial charge in [0.15, 0.2) is 0 Å². The van der Waals surface area contributed by atoms with Crippen LogP contribution in [0.2, 0.25) is 4.82 Å². The molecular formula is C16H16OSe. The standard InChI is InChI=1S/C16H16OSe/c1-17-16-14-10-6-5-7-12(14)11-15(16)18-13-8-3-2-4-9-13/h2-10,15-16H,11H2,1H3/t15-,16-/m1/s1. The molecule has 0 fully saturated rings. The van der Waals surface area contributed by atoms with Crippen LogP contribution in [-0.2, 0) is 11.2 Å². The van der Waals surface area contributed by atoms with Gasteiger partial charge in [0.1, 0.15) is 0 Å². The molecule has 0 bridgehead atoms. The van der Waals surface area contributed by atoms with Gasteiger partial charge in [0.2, 0.25) is 0 Å². The van der Waals surface area contributed by atoms with E-state index in [0.29, 0.717) is 19.8 Å². The van der Waals surface area contributed by atoms with Crippen LogP contribution in [0.25, 0.3) is 0 Å². The zero-order valence-corrected chi connectivity index (χ0v) is 12.1. The first-order valence-electron chi connectivity index (χ1n) is 6.21. The molecule has 2 aromatic rings. The number of methoxy groups -OCH3 is 1. The molecule has 1 aliphatic carbocycles. The van der Waals surface area contributed by atoms with E-state index in [2.05, 4.69) is 54.6 Å². The molecule has 0 radical (unpaired) electrons. The molecule has 0 heterocycles. The Morgan fingerprint density at radius 2 is 1.72 bits per heavy atom. The van der Waals surface area contributed by atoms with Gasteiger partial charge in [0.25, 0.3) is 0 Å². The third-order valence-electron chi connectivity index (χ3n) is 3.40. The summed E-state index contributed by atoms with van der Waals surface area (Å²) in [5.74, 6) is 0. The molecule has 2 aromatic carbocycles. The van der Waals surface area contributed by atoms with Gasteiger partial charge >= 0.3 is 114 Å². The maximum atomic E-state index is 5.74. The third kappa shape index (κ3) is 2.24. The molecule has 0 saturated heterocycles. The van der Waals surface area contributed by atoms with Crippen molar-refractivity contribution in [1.29, 1.82) is 0 Å². The minimum absolute atomic E-state index is 0.279. The van der Waals surface area contributed by atoms with Crippen molar-refractivity contribution in [1.82, 2.24) is 0 Å². The van der Waals surface area contributed by atoms with Gasteiger partial charge in [-0.1, -0.05) is 0 Å². The van der Waals surface area contributed by atoms with Gasteiger partial charge in [-0.3, -0.25) is 0 Å². The van der Waals surface area contributed by atoms with E-state index in [-0.39, 0.29) is 6.10 Å². The average Bonchev–Trinajstić information content (AvgIpc) is 2.77. The summed E-state index contributed by atoms with van der Waals surface area (Å²) in [4.78, 5) is 0.627. The van der Waals surface area contributed by atoms with E-state index >= 15 is 0 Å². The van der Waals surface area contributed by atoms with E-state index in [1.807, 2.05) is 7.11 Å². The van der Waals surface area contributed by atoms with Crippen molar-refractivity contribution < 1.29 is 4.74 Å². The molecule has 0 aliphatic heterocycles. The Labute approximate surface area is 114 Å². The predicted molar refractivity (Wildman–Crippen MR) is 75.5 cm³/mol. The van der Waals surface area contributed by atoms with Crippen molar-refractivity contribution in [2.75, 3.05) is 7.11 Å². The van der Waals surface area contributed by atoms with Gasteiger partial charge in [-0.15, -0.1) is 0 Å². The molecular weight excluding hydrogens is 287 g/mol. The van der Waals surface area contributed by atoms with E-state index in [0.717, 1.165) is 6.42 Å². The second-order valence-corrected chi connectivity index (χ2v) is 7.28. The van der Waals surface area contributed by atoms with Crippen LogP contribution >= 0.6 is 0 Å². The van der Waals surface area contributed by atoms with Crippen molar-refractivity contribution >= 4 is 19.4 Å². The van der Waals surface area contributed by atoms with Gasteiger partial charge in [-0.2, -0.15) is 0 Å². The van der Waals surface area contributed by atoms with Crippen LogP contribution in [0.5, 0.6) is 0 Å². The summed E-state index contributed by atoms with van der Waals surface area (Å²) in [6.45, 7) is 0. The van der Waals surface area contributed by atoms with Crippen molar-refractivity contribution in [3.8, 4) is 0 Å². The van der Waals surface area contributed by atoms with Crippen LogP contribution in [0.15, 0.2) is 54.6 Å². The molecule has 1 aliphatic rings. The Kier molecular flexibility index (Phi) is 3.51. The first-order chi connectivity index (χ1) is 8.88. The second kappa shape index (κ2) is 5.27. The molecule has 2 heteroatoms. The predicted octanol–water partition coefficient (Wildman–Crippen LogP) is 2.75. The van der Waals surface area contributed by atoms with Crippen LogP contribution in [0.1, 0.15) is 17.2 Å². The fraction of sp³-hybridized carbons (Fsp3) is 0.250. The Bertz CT molecular complexity index is 524. The number of hydrogen-bond acceptors (Lipinski definition) is 1. The molecule has 1 nitrogen and oxygen atoms in total. The molecule has 3 rings (SSSR count). The van der Waals surface area contributed by atoms with E-state index in [1.54, 1.807) is 0 Å². The van der Waals surface area contributed by atoms with Crippen molar-refractivity contribution in [2.45, 2.75) is 17.3 Å². The summed E-state index contributed by atoms with van der Waals surface area (Å²) in [5.41, 5.74) is 2.86. The van der Waals surface area contributed by atoms with Crippen molar-refractivity contribution in [3.63, 3.8) is 0 Å². The molecule has 2 atom stereocenters. The Hall–Kier alpha value is -1.08. The van der Waals surface area contributed by atoms with Crippen LogP contribution < -0.4 is 4.46 Å². The summed E-state index contributed by atoms with van der Waals surface area (Å²) >= 11 is 0.473. The number of rotatable bonds is 3. The molecule has 0 saturated carbocycles. The number of benzene rings is 2. The van der Waals surface area contributed by atoms with Gasteiger partial charge in [0.05, 0.1) is 0 Å². The molecule has 18 heavy (non-hydrogen) atoms. The van der Waals surface area contributed by atoms with E-state index in [4.69, 9.17) is 4.74 Å². The monoisotopic (exact) mass is 304 g/mol. The van der Waals surface area contributed by atoms with E-state index < -0.39 is 0 Å². The second-order valence-electron chi connectivity index (χ2n) is 4.53. The first-order valence-corrected chi connectivity index (χ1v) is 8.05. The van der Waals surface area contributed by atoms with Gasteiger partial charge in [-0.05, 0) is 0 Å². The Morgan fingerprint density at radius 3 is 2.50 bits per heavy atom. The van der Waals surface area contributed by atoms with Gasteiger partial charge < -0.3 is 0 Å². The van der Waals surface area contributed by atoms with Crippen LogP contribution in [-0.4, -0.2) is 22.1 Å². The SMILES string of the molecule is CO[C@@H]1c2ccccc2C[C@H]1[Se]c1ccccc1. The summed E-state index contributed by atoms with van der Waals surface area (Å²) in [6.07, 6.45) is 1.44. The summed E-state index contributed by atoms with van der Waals surface area (Å²) in [7, 11) is 1.83. The molecule has 0 aromatic heterocycles. The van der Waals surface area contributed by atoms with Crippen LogP contribution in [0.3, 0.4) is 0 Å². The van der Waals surface area contributed by atoms with Gasteiger partial charge in [-0.25, -0.2) is 0 Å². The zero-order valence-electron chi connectivity index (χ0n) is 10.4. The maximum absolute atomic E-state index is 5.74. The van der Waals surface area contributed by atoms with E-state index in [1.165, 1.54) is 15.6 Å². The summed E-state index contributed by atoms with van der Waals surface area (Å²) in [6, 6.07) is 19.5. The zero-order chi connectivity index (χ0) is 12.4. The van der Waals surface area contributed by atoms with Gasteiger partial charge in [0, 0.05) is 0 Å². The number of hydrogen-bond donors (Lipinski definition) is 0. The number of ether oxygens (including phenoxy) is 1.